The summed E-state index contributed by atoms with van der Waals surface area (Å²) < 4.78 is 5.58. The minimum absolute atomic E-state index is 0.0366. The van der Waals surface area contributed by atoms with E-state index in [1.165, 1.54) is 0 Å². The highest BCUT2D eigenvalue weighted by molar-refractivity contribution is 5.97. The van der Waals surface area contributed by atoms with Crippen molar-refractivity contribution >= 4 is 11.6 Å². The lowest BCUT2D eigenvalue weighted by Crippen LogP contribution is -2.34. The molecule has 108 valence electrons. The van der Waals surface area contributed by atoms with Gasteiger partial charge in [0.25, 0.3) is 5.91 Å². The third-order valence-electron chi connectivity index (χ3n) is 3.60. The van der Waals surface area contributed by atoms with E-state index in [9.17, 15) is 4.79 Å². The first-order valence-corrected chi connectivity index (χ1v) is 6.87. The monoisotopic (exact) mass is 283 g/mol. The Labute approximate surface area is 123 Å². The largest absolute Gasteiger partial charge is 0.479 e. The molecule has 2 aromatic rings. The van der Waals surface area contributed by atoms with E-state index in [0.29, 0.717) is 11.4 Å². The molecule has 2 heterocycles. The number of anilines is 1. The fourth-order valence-corrected chi connectivity index (χ4v) is 2.49. The molecule has 3 rings (SSSR count). The lowest BCUT2D eigenvalue weighted by Gasteiger charge is -2.25. The van der Waals surface area contributed by atoms with Gasteiger partial charge in [-0.25, -0.2) is 0 Å². The molecule has 2 atom stereocenters. The number of carbonyl (C=O) groups is 1. The Balaban J connectivity index is 1.96. The van der Waals surface area contributed by atoms with E-state index in [0.717, 1.165) is 11.1 Å². The van der Waals surface area contributed by atoms with E-state index in [1.807, 2.05) is 37.4 Å². The van der Waals surface area contributed by atoms with Gasteiger partial charge in [0.2, 0.25) is 0 Å². The molecule has 0 spiro atoms. The molecule has 2 unspecified atom stereocenters. The van der Waals surface area contributed by atoms with Gasteiger partial charge in [0.05, 0.1) is 11.7 Å². The predicted molar refractivity (Wildman–Crippen MR) is 80.3 cm³/mol. The topological polar surface area (TPSA) is 63.2 Å². The van der Waals surface area contributed by atoms with Crippen molar-refractivity contribution in [1.82, 2.24) is 10.3 Å². The van der Waals surface area contributed by atoms with Crippen LogP contribution >= 0.6 is 0 Å². The molecule has 0 radical (unpaired) electrons. The van der Waals surface area contributed by atoms with Crippen molar-refractivity contribution in [3.05, 3.63) is 53.9 Å². The number of fused-ring (bicyclic) bond motifs is 1. The first kappa shape index (κ1) is 13.6. The predicted octanol–water partition coefficient (Wildman–Crippen LogP) is 2.11. The van der Waals surface area contributed by atoms with Crippen LogP contribution in [0.3, 0.4) is 0 Å². The van der Waals surface area contributed by atoms with Crippen LogP contribution in [0.25, 0.3) is 0 Å². The van der Waals surface area contributed by atoms with Crippen LogP contribution in [0.4, 0.5) is 5.69 Å². The molecule has 0 fully saturated rings. The summed E-state index contributed by atoms with van der Waals surface area (Å²) in [7, 11) is 1.90. The van der Waals surface area contributed by atoms with Gasteiger partial charge in [-0.15, -0.1) is 0 Å². The SMILES string of the molecule is CNC(c1ccncc1)c1ccc2c(c1)NC(=O)C(C)O2. The second kappa shape index (κ2) is 5.54. The highest BCUT2D eigenvalue weighted by atomic mass is 16.5. The molecule has 1 aromatic heterocycles. The van der Waals surface area contributed by atoms with Crippen molar-refractivity contribution in [2.75, 3.05) is 12.4 Å². The Morgan fingerprint density at radius 3 is 2.71 bits per heavy atom. The molecule has 1 aliphatic rings. The van der Waals surface area contributed by atoms with Gasteiger partial charge < -0.3 is 15.4 Å². The summed E-state index contributed by atoms with van der Waals surface area (Å²) in [5, 5.41) is 6.16. The van der Waals surface area contributed by atoms with Crippen LogP contribution in [-0.4, -0.2) is 24.0 Å². The molecule has 21 heavy (non-hydrogen) atoms. The fourth-order valence-electron chi connectivity index (χ4n) is 2.49. The Morgan fingerprint density at radius 2 is 2.00 bits per heavy atom. The first-order chi connectivity index (χ1) is 10.2. The van der Waals surface area contributed by atoms with Crippen LogP contribution in [0.1, 0.15) is 24.1 Å². The Hall–Kier alpha value is -2.40. The average Bonchev–Trinajstić information content (AvgIpc) is 2.50. The minimum atomic E-state index is -0.455. The molecule has 1 aliphatic heterocycles. The number of hydrogen-bond acceptors (Lipinski definition) is 4. The van der Waals surface area contributed by atoms with Crippen molar-refractivity contribution in [2.24, 2.45) is 0 Å². The lowest BCUT2D eigenvalue weighted by molar-refractivity contribution is -0.122. The van der Waals surface area contributed by atoms with Gasteiger partial charge >= 0.3 is 0 Å². The molecule has 0 bridgehead atoms. The average molecular weight is 283 g/mol. The fraction of sp³-hybridized carbons (Fsp3) is 0.250. The van der Waals surface area contributed by atoms with E-state index in [-0.39, 0.29) is 11.9 Å². The van der Waals surface area contributed by atoms with Crippen molar-refractivity contribution in [2.45, 2.75) is 19.1 Å². The smallest absolute Gasteiger partial charge is 0.265 e. The molecule has 0 aliphatic carbocycles. The Morgan fingerprint density at radius 1 is 1.24 bits per heavy atom. The van der Waals surface area contributed by atoms with Gasteiger partial charge in [-0.3, -0.25) is 9.78 Å². The van der Waals surface area contributed by atoms with E-state index in [1.54, 1.807) is 19.3 Å². The molecule has 1 amide bonds. The lowest BCUT2D eigenvalue weighted by atomic mass is 9.98. The van der Waals surface area contributed by atoms with Crippen LogP contribution in [0.2, 0.25) is 0 Å². The Kier molecular flexibility index (Phi) is 3.58. The summed E-state index contributed by atoms with van der Waals surface area (Å²) in [4.78, 5) is 15.8. The molecule has 5 heteroatoms. The number of benzene rings is 1. The summed E-state index contributed by atoms with van der Waals surface area (Å²) in [6, 6.07) is 9.82. The van der Waals surface area contributed by atoms with E-state index >= 15 is 0 Å². The van der Waals surface area contributed by atoms with Gasteiger partial charge in [-0.05, 0) is 49.4 Å². The molecule has 0 saturated carbocycles. The summed E-state index contributed by atoms with van der Waals surface area (Å²) in [6.07, 6.45) is 3.08. The summed E-state index contributed by atoms with van der Waals surface area (Å²) in [6.45, 7) is 1.74. The third-order valence-corrected chi connectivity index (χ3v) is 3.60. The van der Waals surface area contributed by atoms with Gasteiger partial charge in [-0.1, -0.05) is 6.07 Å². The number of carbonyl (C=O) groups excluding carboxylic acids is 1. The molecule has 5 nitrogen and oxygen atoms in total. The highest BCUT2D eigenvalue weighted by Crippen LogP contribution is 2.33. The molecule has 1 aromatic carbocycles. The van der Waals surface area contributed by atoms with Crippen LogP contribution in [0.5, 0.6) is 5.75 Å². The van der Waals surface area contributed by atoms with Crippen LogP contribution < -0.4 is 15.4 Å². The highest BCUT2D eigenvalue weighted by Gasteiger charge is 2.24. The summed E-state index contributed by atoms with van der Waals surface area (Å²) >= 11 is 0. The van der Waals surface area contributed by atoms with Gasteiger partial charge in [-0.2, -0.15) is 0 Å². The van der Waals surface area contributed by atoms with Crippen molar-refractivity contribution in [3.8, 4) is 5.75 Å². The normalized spacial score (nSPS) is 18.4. The van der Waals surface area contributed by atoms with Crippen LogP contribution in [0, 0.1) is 0 Å². The molecular formula is C16H17N3O2. The summed E-state index contributed by atoms with van der Waals surface area (Å²) in [5.41, 5.74) is 2.88. The van der Waals surface area contributed by atoms with Gasteiger partial charge in [0, 0.05) is 12.4 Å². The second-order valence-electron chi connectivity index (χ2n) is 5.01. The third kappa shape index (κ3) is 2.60. The van der Waals surface area contributed by atoms with Gasteiger partial charge in [0.15, 0.2) is 6.10 Å². The van der Waals surface area contributed by atoms with Crippen molar-refractivity contribution < 1.29 is 9.53 Å². The number of nitrogens with zero attached hydrogens (tertiary/aromatic N) is 1. The number of nitrogens with one attached hydrogen (secondary N) is 2. The van der Waals surface area contributed by atoms with E-state index < -0.39 is 6.10 Å². The van der Waals surface area contributed by atoms with Crippen molar-refractivity contribution in [3.63, 3.8) is 0 Å². The molecular weight excluding hydrogens is 266 g/mol. The quantitative estimate of drug-likeness (QED) is 0.905. The number of rotatable bonds is 3. The number of amides is 1. The first-order valence-electron chi connectivity index (χ1n) is 6.87. The number of aromatic nitrogens is 1. The van der Waals surface area contributed by atoms with Crippen LogP contribution in [0.15, 0.2) is 42.7 Å². The number of ether oxygens (including phenoxy) is 1. The maximum absolute atomic E-state index is 11.7. The zero-order valence-corrected chi connectivity index (χ0v) is 12.0. The molecule has 0 saturated heterocycles. The minimum Gasteiger partial charge on any atom is -0.479 e. The number of pyridine rings is 1. The zero-order valence-electron chi connectivity index (χ0n) is 12.0. The second-order valence-corrected chi connectivity index (χ2v) is 5.01. The maximum atomic E-state index is 11.7. The van der Waals surface area contributed by atoms with Crippen molar-refractivity contribution in [1.29, 1.82) is 0 Å². The van der Waals surface area contributed by atoms with Gasteiger partial charge in [0.1, 0.15) is 5.75 Å². The maximum Gasteiger partial charge on any atom is 0.265 e. The van der Waals surface area contributed by atoms with Crippen LogP contribution in [-0.2, 0) is 4.79 Å². The molecule has 2 N–H and O–H groups in total. The zero-order chi connectivity index (χ0) is 14.8. The van der Waals surface area contributed by atoms with E-state index in [2.05, 4.69) is 15.6 Å². The Bertz CT molecular complexity index is 658. The summed E-state index contributed by atoms with van der Waals surface area (Å²) in [5.74, 6) is 0.583. The number of hydrogen-bond donors (Lipinski definition) is 2. The van der Waals surface area contributed by atoms with E-state index in [4.69, 9.17) is 4.74 Å². The standard InChI is InChI=1S/C16H17N3O2/c1-10-16(20)19-13-9-12(3-4-14(13)21-10)15(17-2)11-5-7-18-8-6-11/h3-10,15,17H,1-2H3,(H,19,20).